The molecule has 0 spiro atoms. The number of aryl methyl sites for hydroxylation is 1. The van der Waals surface area contributed by atoms with Crippen LogP contribution in [0.25, 0.3) is 0 Å². The summed E-state index contributed by atoms with van der Waals surface area (Å²) < 4.78 is 0. The van der Waals surface area contributed by atoms with Crippen molar-refractivity contribution in [1.29, 1.82) is 0 Å². The van der Waals surface area contributed by atoms with Gasteiger partial charge in [0, 0.05) is 18.3 Å². The molecule has 0 aromatic carbocycles. The largest absolute Gasteiger partial charge is 0.370 e. The van der Waals surface area contributed by atoms with Gasteiger partial charge >= 0.3 is 0 Å². The van der Waals surface area contributed by atoms with E-state index in [1.54, 1.807) is 6.33 Å². The second-order valence-electron chi connectivity index (χ2n) is 4.28. The van der Waals surface area contributed by atoms with Crippen molar-refractivity contribution >= 4 is 5.82 Å². The van der Waals surface area contributed by atoms with Gasteiger partial charge in [-0.3, -0.25) is 0 Å². The number of aromatic nitrogens is 2. The molecule has 1 saturated carbocycles. The zero-order chi connectivity index (χ0) is 10.5. The van der Waals surface area contributed by atoms with Crippen molar-refractivity contribution < 1.29 is 0 Å². The normalized spacial score (nSPS) is 16.9. The minimum atomic E-state index is 0.852. The predicted molar refractivity (Wildman–Crippen MR) is 61.9 cm³/mol. The molecule has 0 unspecified atom stereocenters. The molecule has 1 aliphatic rings. The smallest absolute Gasteiger partial charge is 0.129 e. The van der Waals surface area contributed by atoms with Crippen molar-refractivity contribution in [3.05, 3.63) is 18.1 Å². The highest BCUT2D eigenvalue weighted by molar-refractivity contribution is 5.34. The Morgan fingerprint density at radius 2 is 2.13 bits per heavy atom. The van der Waals surface area contributed by atoms with Gasteiger partial charge in [-0.25, -0.2) is 9.97 Å². The van der Waals surface area contributed by atoms with Gasteiger partial charge in [-0.05, 0) is 25.2 Å². The van der Waals surface area contributed by atoms with Gasteiger partial charge in [0.15, 0.2) is 0 Å². The Kier molecular flexibility index (Phi) is 3.54. The number of nitrogens with one attached hydrogen (secondary N) is 1. The molecule has 3 heteroatoms. The number of nitrogens with zero attached hydrogens (tertiary/aromatic N) is 2. The molecule has 0 amide bonds. The van der Waals surface area contributed by atoms with Gasteiger partial charge < -0.3 is 5.32 Å². The lowest BCUT2D eigenvalue weighted by atomic mass is 10.1. The Hall–Kier alpha value is -1.12. The quantitative estimate of drug-likeness (QED) is 0.821. The summed E-state index contributed by atoms with van der Waals surface area (Å²) in [5.74, 6) is 1.83. The van der Waals surface area contributed by atoms with Crippen LogP contribution in [0.15, 0.2) is 12.4 Å². The van der Waals surface area contributed by atoms with Crippen LogP contribution in [-0.2, 0) is 6.42 Å². The molecule has 3 nitrogen and oxygen atoms in total. The minimum absolute atomic E-state index is 0.852. The molecule has 1 aromatic rings. The summed E-state index contributed by atoms with van der Waals surface area (Å²) in [5.41, 5.74) is 1.11. The van der Waals surface area contributed by atoms with Crippen LogP contribution < -0.4 is 5.32 Å². The summed E-state index contributed by atoms with van der Waals surface area (Å²) in [5, 5.41) is 3.41. The van der Waals surface area contributed by atoms with E-state index in [-0.39, 0.29) is 0 Å². The Bertz CT molecular complexity index is 305. The van der Waals surface area contributed by atoms with Crippen molar-refractivity contribution in [2.75, 3.05) is 11.9 Å². The maximum absolute atomic E-state index is 4.23. The van der Waals surface area contributed by atoms with E-state index in [1.807, 2.05) is 0 Å². The molecule has 15 heavy (non-hydrogen) atoms. The third-order valence-electron chi connectivity index (χ3n) is 3.13. The maximum Gasteiger partial charge on any atom is 0.129 e. The molecule has 0 saturated heterocycles. The summed E-state index contributed by atoms with van der Waals surface area (Å²) in [6, 6.07) is 2.05. The average molecular weight is 205 g/mol. The maximum atomic E-state index is 4.23. The lowest BCUT2D eigenvalue weighted by Crippen LogP contribution is -2.12. The summed E-state index contributed by atoms with van der Waals surface area (Å²) in [4.78, 5) is 8.41. The average Bonchev–Trinajstić information content (AvgIpc) is 2.79. The second-order valence-corrected chi connectivity index (χ2v) is 4.28. The number of rotatable bonds is 4. The van der Waals surface area contributed by atoms with Crippen LogP contribution in [0.2, 0.25) is 0 Å². The fourth-order valence-corrected chi connectivity index (χ4v) is 2.15. The van der Waals surface area contributed by atoms with E-state index in [0.717, 1.165) is 30.4 Å². The summed E-state index contributed by atoms with van der Waals surface area (Å²) >= 11 is 0. The number of hydrogen-bond donors (Lipinski definition) is 1. The Labute approximate surface area is 91.3 Å². The van der Waals surface area contributed by atoms with Gasteiger partial charge in [0.25, 0.3) is 0 Å². The standard InChI is InChI=1S/C12H19N3/c1-2-11-7-12(15-9-14-11)13-8-10-5-3-4-6-10/h7,9-10H,2-6,8H2,1H3,(H,13,14,15). The van der Waals surface area contributed by atoms with Crippen LogP contribution in [0.4, 0.5) is 5.82 Å². The highest BCUT2D eigenvalue weighted by Crippen LogP contribution is 2.24. The van der Waals surface area contributed by atoms with Gasteiger partial charge in [-0.2, -0.15) is 0 Å². The molecular weight excluding hydrogens is 186 g/mol. The SMILES string of the molecule is CCc1cc(NCC2CCCC2)ncn1. The Morgan fingerprint density at radius 3 is 2.87 bits per heavy atom. The molecule has 1 aliphatic carbocycles. The van der Waals surface area contributed by atoms with Crippen molar-refractivity contribution in [2.45, 2.75) is 39.0 Å². The highest BCUT2D eigenvalue weighted by Gasteiger charge is 2.14. The van der Waals surface area contributed by atoms with Gasteiger partial charge in [-0.1, -0.05) is 19.8 Å². The van der Waals surface area contributed by atoms with Crippen LogP contribution in [0.5, 0.6) is 0 Å². The molecule has 1 N–H and O–H groups in total. The molecule has 2 rings (SSSR count). The molecule has 1 heterocycles. The van der Waals surface area contributed by atoms with Gasteiger partial charge in [0.05, 0.1) is 0 Å². The molecule has 1 aromatic heterocycles. The third kappa shape index (κ3) is 2.91. The van der Waals surface area contributed by atoms with Crippen molar-refractivity contribution in [1.82, 2.24) is 9.97 Å². The molecule has 82 valence electrons. The first kappa shape index (κ1) is 10.4. The molecule has 0 bridgehead atoms. The van der Waals surface area contributed by atoms with E-state index in [0.29, 0.717) is 0 Å². The van der Waals surface area contributed by atoms with Crippen molar-refractivity contribution in [3.8, 4) is 0 Å². The lowest BCUT2D eigenvalue weighted by molar-refractivity contribution is 0.578. The van der Waals surface area contributed by atoms with Crippen LogP contribution in [0, 0.1) is 5.92 Å². The Morgan fingerprint density at radius 1 is 1.33 bits per heavy atom. The topological polar surface area (TPSA) is 37.8 Å². The van der Waals surface area contributed by atoms with E-state index in [4.69, 9.17) is 0 Å². The first-order valence-corrected chi connectivity index (χ1v) is 5.93. The second kappa shape index (κ2) is 5.10. The highest BCUT2D eigenvalue weighted by atomic mass is 15.0. The predicted octanol–water partition coefficient (Wildman–Crippen LogP) is 2.64. The molecular formula is C12H19N3. The van der Waals surface area contributed by atoms with Gasteiger partial charge in [0.2, 0.25) is 0 Å². The zero-order valence-electron chi connectivity index (χ0n) is 9.37. The zero-order valence-corrected chi connectivity index (χ0v) is 9.37. The summed E-state index contributed by atoms with van der Waals surface area (Å²) in [7, 11) is 0. The Balaban J connectivity index is 1.86. The molecule has 0 atom stereocenters. The van der Waals surface area contributed by atoms with E-state index in [2.05, 4.69) is 28.3 Å². The fraction of sp³-hybridized carbons (Fsp3) is 0.667. The first-order valence-electron chi connectivity index (χ1n) is 5.93. The van der Waals surface area contributed by atoms with Crippen LogP contribution in [-0.4, -0.2) is 16.5 Å². The number of anilines is 1. The van der Waals surface area contributed by atoms with Gasteiger partial charge in [0.1, 0.15) is 12.1 Å². The number of hydrogen-bond acceptors (Lipinski definition) is 3. The van der Waals surface area contributed by atoms with Crippen molar-refractivity contribution in [2.24, 2.45) is 5.92 Å². The monoisotopic (exact) mass is 205 g/mol. The van der Waals surface area contributed by atoms with Gasteiger partial charge in [-0.15, -0.1) is 0 Å². The minimum Gasteiger partial charge on any atom is -0.370 e. The first-order chi connectivity index (χ1) is 7.38. The molecule has 0 aliphatic heterocycles. The molecule has 1 fully saturated rings. The summed E-state index contributed by atoms with van der Waals surface area (Å²) in [6.07, 6.45) is 8.17. The third-order valence-corrected chi connectivity index (χ3v) is 3.13. The molecule has 0 radical (unpaired) electrons. The van der Waals surface area contributed by atoms with E-state index in [1.165, 1.54) is 25.7 Å². The van der Waals surface area contributed by atoms with Crippen LogP contribution in [0.1, 0.15) is 38.3 Å². The lowest BCUT2D eigenvalue weighted by Gasteiger charge is -2.11. The summed E-state index contributed by atoms with van der Waals surface area (Å²) in [6.45, 7) is 3.18. The van der Waals surface area contributed by atoms with E-state index in [9.17, 15) is 0 Å². The van der Waals surface area contributed by atoms with Crippen LogP contribution in [0.3, 0.4) is 0 Å². The van der Waals surface area contributed by atoms with E-state index >= 15 is 0 Å². The van der Waals surface area contributed by atoms with E-state index < -0.39 is 0 Å². The van der Waals surface area contributed by atoms with Crippen molar-refractivity contribution in [3.63, 3.8) is 0 Å². The fourth-order valence-electron chi connectivity index (χ4n) is 2.15. The van der Waals surface area contributed by atoms with Crippen LogP contribution >= 0.6 is 0 Å².